The zero-order valence-electron chi connectivity index (χ0n) is 12.0. The van der Waals surface area contributed by atoms with Gasteiger partial charge in [0.05, 0.1) is 5.41 Å². The lowest BCUT2D eigenvalue weighted by molar-refractivity contribution is -0.148. The lowest BCUT2D eigenvalue weighted by Gasteiger charge is -2.24. The summed E-state index contributed by atoms with van der Waals surface area (Å²) in [6, 6.07) is -0.242. The number of aliphatic carboxylic acids is 1. The second-order valence-electron chi connectivity index (χ2n) is 5.32. The van der Waals surface area contributed by atoms with Gasteiger partial charge in [-0.3, -0.25) is 4.79 Å². The van der Waals surface area contributed by atoms with E-state index in [4.69, 9.17) is 4.52 Å². The summed E-state index contributed by atoms with van der Waals surface area (Å²) in [5.74, 6) is -0.354. The first-order chi connectivity index (χ1) is 10.1. The molecule has 0 bridgehead atoms. The first-order valence-electron chi connectivity index (χ1n) is 7.09. The number of hydrogen-bond donors (Lipinski definition) is 2. The summed E-state index contributed by atoms with van der Waals surface area (Å²) in [4.78, 5) is 28.9. The van der Waals surface area contributed by atoms with E-state index in [1.807, 2.05) is 6.92 Å². The molecular weight excluding hydrogens is 276 g/mol. The average molecular weight is 296 g/mol. The van der Waals surface area contributed by atoms with Crippen molar-refractivity contribution in [2.45, 2.75) is 32.6 Å². The molecule has 0 saturated carbocycles. The topological polar surface area (TPSA) is 109 Å². The van der Waals surface area contributed by atoms with E-state index in [1.54, 1.807) is 4.90 Å². The Labute approximate surface area is 122 Å². The summed E-state index contributed by atoms with van der Waals surface area (Å²) in [7, 11) is 0. The standard InChI is InChI=1S/C13H20N4O4/c1-2-4-13(11(18)19)5-7-17(8-13)12(20)14-6-3-10-15-9-16-21-10/h9H,2-8H2,1H3,(H,14,20)(H,18,19). The number of nitrogens with zero attached hydrogens (tertiary/aromatic N) is 3. The van der Waals surface area contributed by atoms with E-state index in [0.29, 0.717) is 38.2 Å². The molecule has 0 aromatic carbocycles. The minimum absolute atomic E-state index is 0.242. The Morgan fingerprint density at radius 1 is 1.57 bits per heavy atom. The van der Waals surface area contributed by atoms with Gasteiger partial charge in [-0.05, 0) is 12.8 Å². The van der Waals surface area contributed by atoms with Crippen molar-refractivity contribution in [1.29, 1.82) is 0 Å². The number of hydrogen-bond acceptors (Lipinski definition) is 5. The van der Waals surface area contributed by atoms with Crippen molar-refractivity contribution in [2.75, 3.05) is 19.6 Å². The van der Waals surface area contributed by atoms with Crippen LogP contribution >= 0.6 is 0 Å². The van der Waals surface area contributed by atoms with Gasteiger partial charge in [0, 0.05) is 26.1 Å². The first-order valence-corrected chi connectivity index (χ1v) is 7.09. The molecule has 1 unspecified atom stereocenters. The van der Waals surface area contributed by atoms with Gasteiger partial charge in [-0.15, -0.1) is 0 Å². The summed E-state index contributed by atoms with van der Waals surface area (Å²) in [6.07, 6.45) is 3.66. The minimum atomic E-state index is -0.814. The van der Waals surface area contributed by atoms with Gasteiger partial charge in [0.15, 0.2) is 6.33 Å². The maximum Gasteiger partial charge on any atom is 0.317 e. The van der Waals surface area contributed by atoms with Crippen LogP contribution in [0.5, 0.6) is 0 Å². The molecular formula is C13H20N4O4. The molecule has 2 heterocycles. The van der Waals surface area contributed by atoms with Crippen molar-refractivity contribution in [3.8, 4) is 0 Å². The fourth-order valence-corrected chi connectivity index (χ4v) is 2.70. The fraction of sp³-hybridized carbons (Fsp3) is 0.692. The van der Waals surface area contributed by atoms with Crippen LogP contribution in [-0.2, 0) is 11.2 Å². The molecule has 116 valence electrons. The highest BCUT2D eigenvalue weighted by Crippen LogP contribution is 2.35. The van der Waals surface area contributed by atoms with E-state index in [0.717, 1.165) is 6.42 Å². The molecule has 0 aliphatic carbocycles. The summed E-state index contributed by atoms with van der Waals surface area (Å²) in [5, 5.41) is 15.6. The molecule has 1 aliphatic rings. The number of urea groups is 1. The molecule has 1 fully saturated rings. The zero-order valence-corrected chi connectivity index (χ0v) is 12.0. The van der Waals surface area contributed by atoms with E-state index in [9.17, 15) is 14.7 Å². The molecule has 8 heteroatoms. The number of aromatic nitrogens is 2. The quantitative estimate of drug-likeness (QED) is 0.807. The molecule has 2 amide bonds. The van der Waals surface area contributed by atoms with Crippen LogP contribution in [0.2, 0.25) is 0 Å². The van der Waals surface area contributed by atoms with E-state index in [-0.39, 0.29) is 12.6 Å². The number of carboxylic acid groups (broad SMARTS) is 1. The molecule has 0 spiro atoms. The highest BCUT2D eigenvalue weighted by molar-refractivity contribution is 5.79. The third-order valence-electron chi connectivity index (χ3n) is 3.85. The third kappa shape index (κ3) is 3.50. The van der Waals surface area contributed by atoms with Crippen molar-refractivity contribution in [1.82, 2.24) is 20.4 Å². The Hall–Kier alpha value is -2.12. The number of nitrogens with one attached hydrogen (secondary N) is 1. The summed E-state index contributed by atoms with van der Waals surface area (Å²) in [5.41, 5.74) is -0.793. The predicted molar refractivity (Wildman–Crippen MR) is 72.6 cm³/mol. The second kappa shape index (κ2) is 6.55. The number of rotatable bonds is 6. The minimum Gasteiger partial charge on any atom is -0.481 e. The monoisotopic (exact) mass is 296 g/mol. The summed E-state index contributed by atoms with van der Waals surface area (Å²) in [6.45, 7) is 3.07. The maximum atomic E-state index is 12.0. The number of carboxylic acids is 1. The van der Waals surface area contributed by atoms with E-state index < -0.39 is 11.4 Å². The summed E-state index contributed by atoms with van der Waals surface area (Å²) < 4.78 is 4.83. The van der Waals surface area contributed by atoms with Crippen LogP contribution in [0.1, 0.15) is 32.1 Å². The van der Waals surface area contributed by atoms with Crippen molar-refractivity contribution in [3.63, 3.8) is 0 Å². The van der Waals surface area contributed by atoms with Crippen molar-refractivity contribution in [2.24, 2.45) is 5.41 Å². The zero-order chi connectivity index (χ0) is 15.3. The van der Waals surface area contributed by atoms with Gasteiger partial charge in [0.1, 0.15) is 0 Å². The molecule has 8 nitrogen and oxygen atoms in total. The molecule has 21 heavy (non-hydrogen) atoms. The summed E-state index contributed by atoms with van der Waals surface area (Å²) >= 11 is 0. The van der Waals surface area contributed by atoms with Crippen LogP contribution in [-0.4, -0.2) is 51.8 Å². The van der Waals surface area contributed by atoms with Gasteiger partial charge in [0.2, 0.25) is 5.89 Å². The Balaban J connectivity index is 1.82. The highest BCUT2D eigenvalue weighted by Gasteiger charge is 2.45. The van der Waals surface area contributed by atoms with E-state index in [2.05, 4.69) is 15.5 Å². The van der Waals surface area contributed by atoms with Gasteiger partial charge in [-0.1, -0.05) is 18.5 Å². The first kappa shape index (κ1) is 15.3. The average Bonchev–Trinajstić information content (AvgIpc) is 3.09. The van der Waals surface area contributed by atoms with Crippen molar-refractivity contribution < 1.29 is 19.2 Å². The molecule has 1 atom stereocenters. The Morgan fingerprint density at radius 2 is 2.38 bits per heavy atom. The normalized spacial score (nSPS) is 21.5. The Kier molecular flexibility index (Phi) is 4.77. The van der Waals surface area contributed by atoms with Gasteiger partial charge in [-0.25, -0.2) is 4.79 Å². The molecule has 1 aromatic rings. The lowest BCUT2D eigenvalue weighted by atomic mass is 9.83. The molecule has 0 radical (unpaired) electrons. The third-order valence-corrected chi connectivity index (χ3v) is 3.85. The molecule has 2 rings (SSSR count). The van der Waals surface area contributed by atoms with Crippen LogP contribution in [0.15, 0.2) is 10.9 Å². The Morgan fingerprint density at radius 3 is 3.00 bits per heavy atom. The van der Waals surface area contributed by atoms with Crippen LogP contribution < -0.4 is 5.32 Å². The smallest absolute Gasteiger partial charge is 0.317 e. The largest absolute Gasteiger partial charge is 0.481 e. The molecule has 1 aliphatic heterocycles. The molecule has 1 saturated heterocycles. The Bertz CT molecular complexity index is 490. The second-order valence-corrected chi connectivity index (χ2v) is 5.32. The van der Waals surface area contributed by atoms with E-state index in [1.165, 1.54) is 6.33 Å². The van der Waals surface area contributed by atoms with Crippen LogP contribution in [0.3, 0.4) is 0 Å². The van der Waals surface area contributed by atoms with Crippen LogP contribution in [0.25, 0.3) is 0 Å². The van der Waals surface area contributed by atoms with E-state index >= 15 is 0 Å². The molecule has 1 aromatic heterocycles. The van der Waals surface area contributed by atoms with Gasteiger partial charge < -0.3 is 19.8 Å². The predicted octanol–water partition coefficient (Wildman–Crippen LogP) is 0.898. The number of likely N-dealkylation sites (tertiary alicyclic amines) is 1. The van der Waals surface area contributed by atoms with Gasteiger partial charge >= 0.3 is 12.0 Å². The van der Waals surface area contributed by atoms with Crippen molar-refractivity contribution in [3.05, 3.63) is 12.2 Å². The van der Waals surface area contributed by atoms with Gasteiger partial charge in [0.25, 0.3) is 0 Å². The SMILES string of the molecule is CCCC1(C(=O)O)CCN(C(=O)NCCc2ncno2)C1. The van der Waals surface area contributed by atoms with Crippen LogP contribution in [0.4, 0.5) is 4.79 Å². The van der Waals surface area contributed by atoms with Crippen molar-refractivity contribution >= 4 is 12.0 Å². The van der Waals surface area contributed by atoms with Crippen LogP contribution in [0, 0.1) is 5.41 Å². The number of carbonyl (C=O) groups excluding carboxylic acids is 1. The highest BCUT2D eigenvalue weighted by atomic mass is 16.5. The van der Waals surface area contributed by atoms with Gasteiger partial charge in [-0.2, -0.15) is 4.98 Å². The lowest BCUT2D eigenvalue weighted by Crippen LogP contribution is -2.42. The molecule has 2 N–H and O–H groups in total. The maximum absolute atomic E-state index is 12.0. The number of amides is 2. The number of carbonyl (C=O) groups is 2. The fourth-order valence-electron chi connectivity index (χ4n) is 2.70.